The lowest BCUT2D eigenvalue weighted by molar-refractivity contribution is -0.148. The van der Waals surface area contributed by atoms with Crippen LogP contribution in [0.4, 0.5) is 26.7 Å². The fraction of sp³-hybridized carbons (Fsp3) is 0.558. The zero-order chi connectivity index (χ0) is 55.0. The van der Waals surface area contributed by atoms with Crippen LogP contribution in [0, 0.1) is 11.3 Å². The van der Waals surface area contributed by atoms with Gasteiger partial charge in [0.15, 0.2) is 0 Å². The number of hydrogen-bond donors (Lipinski definition) is 2. The second-order valence-corrected chi connectivity index (χ2v) is 22.5. The summed E-state index contributed by atoms with van der Waals surface area (Å²) in [4.78, 5) is 84.2. The van der Waals surface area contributed by atoms with Crippen molar-refractivity contribution >= 4 is 61.6 Å². The van der Waals surface area contributed by atoms with Gasteiger partial charge >= 0.3 is 12.2 Å². The van der Waals surface area contributed by atoms with E-state index in [0.29, 0.717) is 62.2 Å². The number of aromatic nitrogens is 3. The van der Waals surface area contributed by atoms with Gasteiger partial charge in [0.25, 0.3) is 12.3 Å². The first kappa shape index (κ1) is 56.5. The van der Waals surface area contributed by atoms with Crippen LogP contribution in [0.1, 0.15) is 69.8 Å². The number of benzene rings is 1. The molecule has 0 spiro atoms. The van der Waals surface area contributed by atoms with Crippen molar-refractivity contribution in [3.05, 3.63) is 70.3 Å². The van der Waals surface area contributed by atoms with Crippen LogP contribution in [0.3, 0.4) is 0 Å². The van der Waals surface area contributed by atoms with E-state index in [1.54, 1.807) is 56.6 Å². The molecule has 0 unspecified atom stereocenters. The molecule has 3 aromatic heterocycles. The molecule has 6 atom stereocenters. The molecule has 1 aromatic carbocycles. The number of likely N-dealkylation sites (N-methyl/N-ethyl adjacent to an activating group) is 1. The molecular formula is C52H63F5N9O8SSi. The Morgan fingerprint density at radius 2 is 1.87 bits per heavy atom. The van der Waals surface area contributed by atoms with Crippen molar-refractivity contribution in [3.8, 4) is 22.5 Å². The Bertz CT molecular complexity index is 2860. The number of allylic oxidation sites excluding steroid dienone is 1. The summed E-state index contributed by atoms with van der Waals surface area (Å²) in [5.74, 6) is -2.38. The van der Waals surface area contributed by atoms with Crippen molar-refractivity contribution in [2.24, 2.45) is 11.3 Å². The first-order valence-electron chi connectivity index (χ1n) is 25.2. The number of pyridine rings is 1. The summed E-state index contributed by atoms with van der Waals surface area (Å²) in [6.45, 7) is 8.19. The van der Waals surface area contributed by atoms with Crippen molar-refractivity contribution in [3.63, 3.8) is 0 Å². The monoisotopic (exact) mass is 1100 g/mol. The Morgan fingerprint density at radius 3 is 2.57 bits per heavy atom. The topological polar surface area (TPSA) is 181 Å². The van der Waals surface area contributed by atoms with Crippen LogP contribution in [-0.4, -0.2) is 176 Å². The number of fused-ring (bicyclic) bond motifs is 7. The number of halogens is 5. The predicted molar refractivity (Wildman–Crippen MR) is 273 cm³/mol. The molecule has 0 aliphatic carbocycles. The van der Waals surface area contributed by atoms with Gasteiger partial charge in [-0.15, -0.1) is 11.3 Å². The van der Waals surface area contributed by atoms with Gasteiger partial charge in [-0.2, -0.15) is 13.2 Å². The van der Waals surface area contributed by atoms with E-state index < -0.39 is 95.5 Å². The number of hydrogen-bond acceptors (Lipinski definition) is 12. The molecular weight excluding hydrogens is 1030 g/mol. The molecule has 5 amide bonds. The zero-order valence-electron chi connectivity index (χ0n) is 43.4. The molecule has 3 fully saturated rings. The number of hydrazine groups is 1. The van der Waals surface area contributed by atoms with E-state index in [1.165, 1.54) is 49.8 Å². The van der Waals surface area contributed by atoms with Crippen molar-refractivity contribution in [1.29, 1.82) is 0 Å². The minimum absolute atomic E-state index is 0.0195. The highest BCUT2D eigenvalue weighted by Gasteiger charge is 2.47. The number of thiazole rings is 1. The maximum atomic E-state index is 14.9. The number of carbonyl (C=O) groups is 5. The van der Waals surface area contributed by atoms with Gasteiger partial charge < -0.3 is 43.6 Å². The molecule has 3 saturated heterocycles. The number of urea groups is 1. The van der Waals surface area contributed by atoms with Gasteiger partial charge in [0.1, 0.15) is 39.8 Å². The van der Waals surface area contributed by atoms with Crippen LogP contribution in [0.2, 0.25) is 0 Å². The molecule has 409 valence electrons. The van der Waals surface area contributed by atoms with E-state index >= 15 is 0 Å². The fourth-order valence-corrected chi connectivity index (χ4v) is 12.0. The minimum atomic E-state index is -4.62. The summed E-state index contributed by atoms with van der Waals surface area (Å²) in [6.07, 6.45) is -4.99. The Hall–Kier alpha value is -5.66. The normalized spacial score (nSPS) is 23.2. The zero-order valence-corrected chi connectivity index (χ0v) is 45.2. The fourth-order valence-electron chi connectivity index (χ4n) is 10.9. The summed E-state index contributed by atoms with van der Waals surface area (Å²) in [6, 6.07) is 4.98. The van der Waals surface area contributed by atoms with Crippen molar-refractivity contribution in [1.82, 2.24) is 45.0 Å². The van der Waals surface area contributed by atoms with Crippen molar-refractivity contribution < 1.29 is 60.1 Å². The van der Waals surface area contributed by atoms with Crippen LogP contribution < -0.4 is 10.7 Å². The molecule has 4 aliphatic rings. The number of nitrogens with zero attached hydrogens (tertiary/aromatic N) is 7. The van der Waals surface area contributed by atoms with Crippen LogP contribution >= 0.6 is 11.3 Å². The molecule has 17 nitrogen and oxygen atoms in total. The summed E-state index contributed by atoms with van der Waals surface area (Å²) >= 11 is 1.22. The highest BCUT2D eigenvalue weighted by molar-refractivity contribution is 7.10. The van der Waals surface area contributed by atoms with E-state index in [9.17, 15) is 45.9 Å². The van der Waals surface area contributed by atoms with E-state index in [4.69, 9.17) is 19.2 Å². The first-order chi connectivity index (χ1) is 35.9. The number of rotatable bonds is 11. The maximum absolute atomic E-state index is 14.9. The SMILES string of the molecule is CO[C@@H](C)c1ncccc1-c1c2c3cc(ccc3n1CC(F)(F)F)-c1csc(n1)C[C@H](NC(=O)[C@H](C(C)C)N(C)C(=O)N1C[C@@H]3OCCN(C(=O)/C=C/C(F)F)[C@@H]3C1)C(=O)N1CCC[C@@](C(=O)[Si])(COCC(C)(C)C2)N1. The third-order valence-electron chi connectivity index (χ3n) is 14.6. The molecule has 6 bridgehead atoms. The minimum Gasteiger partial charge on any atom is -0.378 e. The van der Waals surface area contributed by atoms with Gasteiger partial charge in [0.05, 0.1) is 66.7 Å². The highest BCUT2D eigenvalue weighted by atomic mass is 32.1. The number of morpholine rings is 1. The molecule has 8 rings (SSSR count). The van der Waals surface area contributed by atoms with E-state index in [0.717, 1.165) is 6.08 Å². The van der Waals surface area contributed by atoms with E-state index in [2.05, 4.69) is 26.0 Å². The van der Waals surface area contributed by atoms with Crippen LogP contribution in [0.15, 0.2) is 54.1 Å². The summed E-state index contributed by atoms with van der Waals surface area (Å²) in [7, 11) is 6.21. The molecule has 7 heterocycles. The lowest BCUT2D eigenvalue weighted by Gasteiger charge is -2.43. The number of ether oxygens (including phenoxy) is 3. The first-order valence-corrected chi connectivity index (χ1v) is 26.6. The second kappa shape index (κ2) is 22.7. The quantitative estimate of drug-likeness (QED) is 0.101. The second-order valence-electron chi connectivity index (χ2n) is 21.1. The predicted octanol–water partition coefficient (Wildman–Crippen LogP) is 6.09. The number of nitrogens with one attached hydrogen (secondary N) is 2. The molecule has 76 heavy (non-hydrogen) atoms. The van der Waals surface area contributed by atoms with Gasteiger partial charge in [-0.05, 0) is 73.4 Å². The molecule has 0 saturated carbocycles. The lowest BCUT2D eigenvalue weighted by Crippen LogP contribution is -2.68. The average molecular weight is 1100 g/mol. The smallest absolute Gasteiger partial charge is 0.378 e. The highest BCUT2D eigenvalue weighted by Crippen LogP contribution is 2.43. The number of alkyl halides is 5. The van der Waals surface area contributed by atoms with E-state index in [-0.39, 0.29) is 65.3 Å². The van der Waals surface area contributed by atoms with Gasteiger partial charge in [0, 0.05) is 79.9 Å². The summed E-state index contributed by atoms with van der Waals surface area (Å²) in [5, 5.41) is 6.48. The number of methoxy groups -OCH3 is 1. The Kier molecular flexibility index (Phi) is 16.9. The van der Waals surface area contributed by atoms with Crippen molar-refractivity contribution in [2.75, 3.05) is 60.2 Å². The molecule has 2 N–H and O–H groups in total. The molecule has 3 radical (unpaired) electrons. The third-order valence-corrected chi connectivity index (χ3v) is 15.9. The van der Waals surface area contributed by atoms with Crippen LogP contribution in [0.25, 0.3) is 33.4 Å². The van der Waals surface area contributed by atoms with Gasteiger partial charge in [0.2, 0.25) is 11.8 Å². The molecule has 24 heteroatoms. The van der Waals surface area contributed by atoms with E-state index in [1.807, 2.05) is 19.9 Å². The Labute approximate surface area is 444 Å². The summed E-state index contributed by atoms with van der Waals surface area (Å²) in [5.41, 5.74) is 4.18. The number of likely N-dealkylation sites (tertiary alicyclic amines) is 1. The number of amides is 5. The van der Waals surface area contributed by atoms with Gasteiger partial charge in [-0.25, -0.2) is 24.0 Å². The van der Waals surface area contributed by atoms with Gasteiger partial charge in [-0.1, -0.05) is 33.8 Å². The van der Waals surface area contributed by atoms with Crippen LogP contribution in [0.5, 0.6) is 0 Å². The maximum Gasteiger partial charge on any atom is 0.406 e. The van der Waals surface area contributed by atoms with Crippen LogP contribution in [-0.2, 0) is 52.8 Å². The van der Waals surface area contributed by atoms with Gasteiger partial charge in [-0.3, -0.25) is 24.4 Å². The number of carbonyl (C=O) groups excluding carboxylic acids is 5. The Morgan fingerprint density at radius 1 is 1.11 bits per heavy atom. The van der Waals surface area contributed by atoms with Crippen molar-refractivity contribution in [2.45, 2.75) is 115 Å². The third kappa shape index (κ3) is 12.1. The summed E-state index contributed by atoms with van der Waals surface area (Å²) < 4.78 is 89.4. The standard InChI is InChI=1S/C52H63F5N9O8SSi/c1-29(2)44(62(6)49(71)63-23-38-39(24-63)74-19-18-64(38)42(67)14-13-40(53)54)46(68)60-35-21-41-59-36(25-75-41)31-11-12-37-33(20-31)34(45(65(37)26-52(55,56)57)32-10-8-16-58-43(32)30(3)72-7)22-50(4,5)27-73-28-51(48(70)76)15-9-17-66(61-51)47(35)69/h8,10-14,16,20,25,29-30,35,38-40,44,61H,9,15,17-19,21-24,26-28H2,1-7H3,(H,60,68)/b14-13+/t30-,35-,38+,39-,44-,51-/m0/s1. The Balaban J connectivity index is 1.16. The molecule has 4 aromatic rings. The largest absolute Gasteiger partial charge is 0.406 e. The average Bonchev–Trinajstić information content (AvgIpc) is 4.10. The molecule has 4 aliphatic heterocycles. The lowest BCUT2D eigenvalue weighted by atomic mass is 9.84.